The fourth-order valence-electron chi connectivity index (χ4n) is 4.64. The van der Waals surface area contributed by atoms with Gasteiger partial charge in [0.1, 0.15) is 5.60 Å². The molecule has 1 N–H and O–H groups in total. The smallest absolute Gasteiger partial charge is 0.200 e. The molecule has 0 aromatic heterocycles. The molecular formula is C20H31NO3. The summed E-state index contributed by atoms with van der Waals surface area (Å²) in [7, 11) is 0. The van der Waals surface area contributed by atoms with Gasteiger partial charge in [-0.25, -0.2) is 0 Å². The first kappa shape index (κ1) is 17.9. The summed E-state index contributed by atoms with van der Waals surface area (Å²) < 4.78 is 12.2. The minimum absolute atomic E-state index is 0.0957. The number of aliphatic hydroxyl groups is 1. The van der Waals surface area contributed by atoms with Crippen molar-refractivity contribution in [3.05, 3.63) is 35.9 Å². The minimum atomic E-state index is -0.926. The van der Waals surface area contributed by atoms with Crippen LogP contribution in [-0.4, -0.2) is 47.2 Å². The average Bonchev–Trinajstić information content (AvgIpc) is 2.59. The number of benzene rings is 1. The van der Waals surface area contributed by atoms with Gasteiger partial charge in [0.15, 0.2) is 5.79 Å². The van der Waals surface area contributed by atoms with E-state index < -0.39 is 11.4 Å². The van der Waals surface area contributed by atoms with E-state index in [1.165, 1.54) is 5.56 Å². The Labute approximate surface area is 145 Å². The van der Waals surface area contributed by atoms with Crippen LogP contribution in [0.3, 0.4) is 0 Å². The molecular weight excluding hydrogens is 302 g/mol. The summed E-state index contributed by atoms with van der Waals surface area (Å²) in [6, 6.07) is 10.6. The molecule has 4 heteroatoms. The van der Waals surface area contributed by atoms with Crippen LogP contribution in [0.5, 0.6) is 0 Å². The van der Waals surface area contributed by atoms with Crippen LogP contribution in [-0.2, 0) is 16.0 Å². The third-order valence-corrected chi connectivity index (χ3v) is 5.65. The number of fused-ring (bicyclic) bond motifs is 1. The van der Waals surface area contributed by atoms with Crippen LogP contribution in [0.4, 0.5) is 0 Å². The maximum atomic E-state index is 11.7. The molecule has 1 aliphatic heterocycles. The highest BCUT2D eigenvalue weighted by Crippen LogP contribution is 2.47. The Balaban J connectivity index is 1.87. The van der Waals surface area contributed by atoms with E-state index in [9.17, 15) is 5.11 Å². The molecule has 1 heterocycles. The topological polar surface area (TPSA) is 41.9 Å². The predicted molar refractivity (Wildman–Crippen MR) is 94.7 cm³/mol. The van der Waals surface area contributed by atoms with Gasteiger partial charge in [-0.3, -0.25) is 4.90 Å². The molecule has 0 spiro atoms. The van der Waals surface area contributed by atoms with Gasteiger partial charge in [-0.15, -0.1) is 0 Å². The summed E-state index contributed by atoms with van der Waals surface area (Å²) in [5, 5.41) is 11.7. The maximum Gasteiger partial charge on any atom is 0.200 e. The fourth-order valence-corrected chi connectivity index (χ4v) is 4.64. The van der Waals surface area contributed by atoms with Gasteiger partial charge in [0.25, 0.3) is 0 Å². The zero-order valence-electron chi connectivity index (χ0n) is 15.0. The Morgan fingerprint density at radius 3 is 2.46 bits per heavy atom. The van der Waals surface area contributed by atoms with Crippen molar-refractivity contribution < 1.29 is 14.6 Å². The lowest BCUT2D eigenvalue weighted by Gasteiger charge is -2.58. The minimum Gasteiger partial charge on any atom is -0.383 e. The second-order valence-corrected chi connectivity index (χ2v) is 7.01. The molecule has 0 radical (unpaired) electrons. The molecule has 1 saturated carbocycles. The molecule has 0 bridgehead atoms. The van der Waals surface area contributed by atoms with Gasteiger partial charge >= 0.3 is 0 Å². The van der Waals surface area contributed by atoms with Gasteiger partial charge in [-0.2, -0.15) is 0 Å². The van der Waals surface area contributed by atoms with Crippen LogP contribution >= 0.6 is 0 Å². The monoisotopic (exact) mass is 333 g/mol. The molecule has 134 valence electrons. The first-order valence-electron chi connectivity index (χ1n) is 9.43. The molecule has 3 rings (SSSR count). The second-order valence-electron chi connectivity index (χ2n) is 7.01. The predicted octanol–water partition coefficient (Wildman–Crippen LogP) is 3.34. The van der Waals surface area contributed by atoms with Crippen LogP contribution in [0, 0.1) is 0 Å². The fraction of sp³-hybridized carbons (Fsp3) is 0.700. The molecule has 4 nitrogen and oxygen atoms in total. The normalized spacial score (nSPS) is 30.0. The van der Waals surface area contributed by atoms with Gasteiger partial charge in [0.05, 0.1) is 0 Å². The lowest BCUT2D eigenvalue weighted by molar-refractivity contribution is -0.358. The highest BCUT2D eigenvalue weighted by Gasteiger charge is 2.61. The number of likely N-dealkylation sites (tertiary alicyclic amines) is 1. The first-order chi connectivity index (χ1) is 11.6. The van der Waals surface area contributed by atoms with Crippen LogP contribution in [0.1, 0.15) is 51.5 Å². The van der Waals surface area contributed by atoms with E-state index >= 15 is 0 Å². The molecule has 24 heavy (non-hydrogen) atoms. The molecule has 2 fully saturated rings. The van der Waals surface area contributed by atoms with E-state index in [2.05, 4.69) is 29.2 Å². The van der Waals surface area contributed by atoms with E-state index in [4.69, 9.17) is 9.47 Å². The molecule has 0 amide bonds. The van der Waals surface area contributed by atoms with E-state index in [0.717, 1.165) is 38.8 Å². The number of piperidine rings is 1. The molecule has 1 aromatic rings. The van der Waals surface area contributed by atoms with Crippen molar-refractivity contribution in [1.82, 2.24) is 4.90 Å². The van der Waals surface area contributed by atoms with Crippen molar-refractivity contribution >= 4 is 0 Å². The highest BCUT2D eigenvalue weighted by molar-refractivity contribution is 5.17. The van der Waals surface area contributed by atoms with E-state index in [-0.39, 0.29) is 6.04 Å². The largest absolute Gasteiger partial charge is 0.383 e. The molecule has 1 saturated heterocycles. The Morgan fingerprint density at radius 1 is 1.08 bits per heavy atom. The first-order valence-corrected chi connectivity index (χ1v) is 9.43. The van der Waals surface area contributed by atoms with Crippen LogP contribution in [0.2, 0.25) is 0 Å². The number of hydrogen-bond acceptors (Lipinski definition) is 4. The number of hydrogen-bond donors (Lipinski definition) is 1. The Bertz CT molecular complexity index is 515. The summed E-state index contributed by atoms with van der Waals surface area (Å²) in [5.74, 6) is -0.852. The van der Waals surface area contributed by atoms with Crippen LogP contribution in [0.15, 0.2) is 30.3 Å². The lowest BCUT2D eigenvalue weighted by atomic mass is 9.70. The van der Waals surface area contributed by atoms with Crippen molar-refractivity contribution in [2.45, 2.75) is 69.9 Å². The highest BCUT2D eigenvalue weighted by atomic mass is 16.7. The van der Waals surface area contributed by atoms with Crippen LogP contribution < -0.4 is 0 Å². The van der Waals surface area contributed by atoms with Crippen molar-refractivity contribution in [1.29, 1.82) is 0 Å². The molecule has 2 aliphatic rings. The standard InChI is InChI=1S/C20H31NO3/c1-3-23-20(24-4-2)14-15-21(16-17-10-6-5-7-11-17)18-12-8-9-13-19(18,20)22/h5-7,10-11,18,22H,3-4,8-9,12-16H2,1-2H3/t18-,19-/m1/s1. The SMILES string of the molecule is CCOC1(OCC)CCN(Cc2ccccc2)[C@@H]2CCCC[C@@]21O. The van der Waals surface area contributed by atoms with Gasteiger partial charge in [-0.05, 0) is 32.3 Å². The average molecular weight is 333 g/mol. The molecule has 0 unspecified atom stereocenters. The second kappa shape index (κ2) is 7.52. The third-order valence-electron chi connectivity index (χ3n) is 5.65. The summed E-state index contributed by atoms with van der Waals surface area (Å²) in [5.41, 5.74) is 0.371. The Hall–Kier alpha value is -0.940. The zero-order valence-corrected chi connectivity index (χ0v) is 15.0. The van der Waals surface area contributed by atoms with Crippen LogP contribution in [0.25, 0.3) is 0 Å². The lowest BCUT2D eigenvalue weighted by Crippen LogP contribution is -2.72. The van der Waals surface area contributed by atoms with E-state index in [1.54, 1.807) is 0 Å². The van der Waals surface area contributed by atoms with Crippen molar-refractivity contribution in [2.24, 2.45) is 0 Å². The molecule has 1 aromatic carbocycles. The maximum absolute atomic E-state index is 11.7. The van der Waals surface area contributed by atoms with Gasteiger partial charge in [-0.1, -0.05) is 43.2 Å². The summed E-state index contributed by atoms with van der Waals surface area (Å²) in [6.45, 7) is 6.86. The number of nitrogens with zero attached hydrogens (tertiary/aromatic N) is 1. The van der Waals surface area contributed by atoms with Gasteiger partial charge in [0.2, 0.25) is 0 Å². The zero-order chi connectivity index (χ0) is 17.0. The van der Waals surface area contributed by atoms with E-state index in [0.29, 0.717) is 19.6 Å². The van der Waals surface area contributed by atoms with E-state index in [1.807, 2.05) is 19.9 Å². The third kappa shape index (κ3) is 3.13. The van der Waals surface area contributed by atoms with Gasteiger partial charge in [0, 0.05) is 38.8 Å². The summed E-state index contributed by atoms with van der Waals surface area (Å²) in [4.78, 5) is 2.44. The quantitative estimate of drug-likeness (QED) is 0.811. The summed E-state index contributed by atoms with van der Waals surface area (Å²) in [6.07, 6.45) is 4.67. The molecule has 2 atom stereocenters. The number of ether oxygens (including phenoxy) is 2. The Morgan fingerprint density at radius 2 is 1.79 bits per heavy atom. The summed E-state index contributed by atoms with van der Waals surface area (Å²) >= 11 is 0. The van der Waals surface area contributed by atoms with Crippen molar-refractivity contribution in [3.63, 3.8) is 0 Å². The number of rotatable bonds is 6. The molecule has 1 aliphatic carbocycles. The van der Waals surface area contributed by atoms with Crippen molar-refractivity contribution in [2.75, 3.05) is 19.8 Å². The Kier molecular flexibility index (Phi) is 5.60. The van der Waals surface area contributed by atoms with Gasteiger partial charge < -0.3 is 14.6 Å². The van der Waals surface area contributed by atoms with Crippen molar-refractivity contribution in [3.8, 4) is 0 Å².